The minimum Gasteiger partial charge on any atom is -0.459 e. The molecule has 1 amide bonds. The number of hydrogen-bond donors (Lipinski definition) is 3. The Labute approximate surface area is 174 Å². The number of halogens is 1. The van der Waals surface area contributed by atoms with Crippen molar-refractivity contribution < 1.29 is 18.7 Å². The van der Waals surface area contributed by atoms with Crippen molar-refractivity contribution in [3.05, 3.63) is 65.6 Å². The molecule has 2 aromatic carbocycles. The van der Waals surface area contributed by atoms with E-state index in [1.165, 1.54) is 24.3 Å². The summed E-state index contributed by atoms with van der Waals surface area (Å²) in [5.41, 5.74) is 1.96. The minimum absolute atomic E-state index is 0.321. The van der Waals surface area contributed by atoms with E-state index in [-0.39, 0.29) is 11.9 Å². The average Bonchev–Trinajstić information content (AvgIpc) is 3.08. The average molecular weight is 411 g/mol. The summed E-state index contributed by atoms with van der Waals surface area (Å²) in [5, 5.41) is 6.68. The van der Waals surface area contributed by atoms with E-state index in [0.29, 0.717) is 17.8 Å². The van der Waals surface area contributed by atoms with Crippen LogP contribution in [0.1, 0.15) is 42.6 Å². The highest BCUT2D eigenvalue weighted by molar-refractivity contribution is 6.05. The summed E-state index contributed by atoms with van der Waals surface area (Å²) >= 11 is 0. The smallest absolute Gasteiger partial charge is 0.315 e. The van der Waals surface area contributed by atoms with Gasteiger partial charge in [-0.25, -0.2) is 4.39 Å². The molecule has 0 fully saturated rings. The monoisotopic (exact) mass is 411 g/mol. The van der Waals surface area contributed by atoms with Crippen LogP contribution >= 0.6 is 0 Å². The molecule has 3 N–H and O–H groups in total. The Hall–Kier alpha value is -3.19. The van der Waals surface area contributed by atoms with Gasteiger partial charge in [0.2, 0.25) is 0 Å². The van der Waals surface area contributed by atoms with Crippen LogP contribution in [-0.4, -0.2) is 36.1 Å². The van der Waals surface area contributed by atoms with Gasteiger partial charge in [0.1, 0.15) is 11.4 Å². The highest BCUT2D eigenvalue weighted by Crippen LogP contribution is 2.30. The van der Waals surface area contributed by atoms with E-state index in [0.717, 1.165) is 16.5 Å². The third-order valence-corrected chi connectivity index (χ3v) is 4.55. The van der Waals surface area contributed by atoms with Gasteiger partial charge in [0.15, 0.2) is 0 Å². The van der Waals surface area contributed by atoms with E-state index in [2.05, 4.69) is 15.6 Å². The second-order valence-electron chi connectivity index (χ2n) is 8.11. The molecule has 0 spiro atoms. The van der Waals surface area contributed by atoms with Crippen LogP contribution in [0, 0.1) is 5.82 Å². The number of carbonyl (C=O) groups excluding carboxylic acids is 2. The van der Waals surface area contributed by atoms with Gasteiger partial charge in [-0.2, -0.15) is 0 Å². The predicted octanol–water partition coefficient (Wildman–Crippen LogP) is 4.20. The van der Waals surface area contributed by atoms with Gasteiger partial charge in [-0.05, 0) is 75.8 Å². The van der Waals surface area contributed by atoms with Crippen LogP contribution < -0.4 is 10.6 Å². The van der Waals surface area contributed by atoms with Crippen molar-refractivity contribution in [2.45, 2.75) is 32.3 Å². The Morgan fingerprint density at radius 3 is 2.47 bits per heavy atom. The molecule has 0 saturated carbocycles. The number of H-pyrrole nitrogens is 1. The fourth-order valence-electron chi connectivity index (χ4n) is 3.21. The number of ether oxygens (including phenoxy) is 1. The first kappa shape index (κ1) is 21.5. The van der Waals surface area contributed by atoms with E-state index in [4.69, 9.17) is 4.74 Å². The number of aromatic nitrogens is 1. The Morgan fingerprint density at radius 1 is 1.13 bits per heavy atom. The van der Waals surface area contributed by atoms with Gasteiger partial charge in [0, 0.05) is 34.9 Å². The molecule has 3 aromatic rings. The van der Waals surface area contributed by atoms with Crippen molar-refractivity contribution in [1.29, 1.82) is 0 Å². The Balaban J connectivity index is 1.90. The number of aromatic amines is 1. The lowest BCUT2D eigenvalue weighted by Gasteiger charge is -2.24. The van der Waals surface area contributed by atoms with Gasteiger partial charge in [-0.1, -0.05) is 0 Å². The van der Waals surface area contributed by atoms with Crippen molar-refractivity contribution in [3.63, 3.8) is 0 Å². The number of likely N-dealkylation sites (N-methyl/N-ethyl adjacent to an activating group) is 1. The molecule has 3 rings (SSSR count). The molecule has 0 aliphatic carbocycles. The number of hydrogen-bond acceptors (Lipinski definition) is 4. The maximum absolute atomic E-state index is 13.1. The Bertz CT molecular complexity index is 1050. The first-order valence-corrected chi connectivity index (χ1v) is 9.73. The maximum Gasteiger partial charge on any atom is 0.315 e. The number of rotatable bonds is 6. The zero-order valence-corrected chi connectivity index (χ0v) is 17.5. The molecular weight excluding hydrogens is 385 g/mol. The number of amides is 1. The highest BCUT2D eigenvalue weighted by atomic mass is 19.1. The zero-order valence-electron chi connectivity index (χ0n) is 17.5. The van der Waals surface area contributed by atoms with E-state index < -0.39 is 17.3 Å². The van der Waals surface area contributed by atoms with E-state index in [1.54, 1.807) is 19.3 Å². The van der Waals surface area contributed by atoms with E-state index in [9.17, 15) is 14.0 Å². The number of carbonyl (C=O) groups is 2. The Morgan fingerprint density at radius 2 is 1.83 bits per heavy atom. The molecule has 0 saturated heterocycles. The van der Waals surface area contributed by atoms with Gasteiger partial charge >= 0.3 is 5.97 Å². The largest absolute Gasteiger partial charge is 0.459 e. The molecule has 158 valence electrons. The molecule has 0 radical (unpaired) electrons. The molecule has 0 bridgehead atoms. The van der Waals surface area contributed by atoms with Gasteiger partial charge in [0.05, 0.1) is 5.92 Å². The van der Waals surface area contributed by atoms with Crippen LogP contribution in [0.25, 0.3) is 10.9 Å². The lowest BCUT2D eigenvalue weighted by molar-refractivity contribution is -0.156. The maximum atomic E-state index is 13.1. The summed E-state index contributed by atoms with van der Waals surface area (Å²) in [6.07, 6.45) is 1.79. The topological polar surface area (TPSA) is 83.2 Å². The summed E-state index contributed by atoms with van der Waals surface area (Å²) in [7, 11) is 1.78. The number of anilines is 1. The molecular formula is C23H26FN3O3. The number of fused-ring (bicyclic) bond motifs is 1. The predicted molar refractivity (Wildman–Crippen MR) is 115 cm³/mol. The summed E-state index contributed by atoms with van der Waals surface area (Å²) in [6, 6.07) is 10.8. The van der Waals surface area contributed by atoms with Crippen LogP contribution in [0.3, 0.4) is 0 Å². The molecule has 6 nitrogen and oxygen atoms in total. The molecule has 30 heavy (non-hydrogen) atoms. The van der Waals surface area contributed by atoms with Crippen LogP contribution in [0.4, 0.5) is 10.1 Å². The fourth-order valence-corrected chi connectivity index (χ4v) is 3.21. The zero-order chi connectivity index (χ0) is 21.9. The molecule has 7 heteroatoms. The van der Waals surface area contributed by atoms with E-state index in [1.807, 2.05) is 32.9 Å². The number of nitrogens with one attached hydrogen (secondary N) is 3. The van der Waals surface area contributed by atoms with Crippen molar-refractivity contribution >= 4 is 28.5 Å². The molecule has 1 aromatic heterocycles. The van der Waals surface area contributed by atoms with Crippen molar-refractivity contribution in [2.24, 2.45) is 0 Å². The summed E-state index contributed by atoms with van der Waals surface area (Å²) in [6.45, 7) is 5.91. The molecule has 1 heterocycles. The van der Waals surface area contributed by atoms with Gasteiger partial charge in [0.25, 0.3) is 5.91 Å². The van der Waals surface area contributed by atoms with Gasteiger partial charge in [-0.3, -0.25) is 9.59 Å². The first-order chi connectivity index (χ1) is 14.2. The second-order valence-corrected chi connectivity index (χ2v) is 8.11. The molecule has 1 atom stereocenters. The van der Waals surface area contributed by atoms with Crippen molar-refractivity contribution in [3.8, 4) is 0 Å². The molecule has 0 aliphatic rings. The van der Waals surface area contributed by atoms with Crippen LogP contribution in [-0.2, 0) is 9.53 Å². The second kappa shape index (κ2) is 8.67. The van der Waals surface area contributed by atoms with Crippen LogP contribution in [0.15, 0.2) is 48.7 Å². The van der Waals surface area contributed by atoms with Gasteiger partial charge in [-0.15, -0.1) is 0 Å². The third-order valence-electron chi connectivity index (χ3n) is 4.55. The van der Waals surface area contributed by atoms with E-state index >= 15 is 0 Å². The van der Waals surface area contributed by atoms with Gasteiger partial charge < -0.3 is 20.4 Å². The van der Waals surface area contributed by atoms with Crippen LogP contribution in [0.5, 0.6) is 0 Å². The summed E-state index contributed by atoms with van der Waals surface area (Å²) in [4.78, 5) is 28.4. The fraction of sp³-hybridized carbons (Fsp3) is 0.304. The standard InChI is InChI=1S/C23H26FN3O3/c1-23(2,3)30-22(29)19(12-25-4)18-13-26-20-10-9-16(11-17(18)20)27-21(28)14-5-7-15(24)8-6-14/h5-11,13,19,25-26H,12H2,1-4H3,(H,27,28). The number of esters is 1. The number of benzene rings is 2. The quantitative estimate of drug-likeness (QED) is 0.531. The first-order valence-electron chi connectivity index (χ1n) is 9.73. The minimum atomic E-state index is -0.594. The Kier molecular flexibility index (Phi) is 6.22. The van der Waals surface area contributed by atoms with Crippen molar-refractivity contribution in [2.75, 3.05) is 18.9 Å². The third kappa shape index (κ3) is 5.04. The molecule has 0 aliphatic heterocycles. The summed E-state index contributed by atoms with van der Waals surface area (Å²) < 4.78 is 18.7. The van der Waals surface area contributed by atoms with Crippen molar-refractivity contribution in [1.82, 2.24) is 10.3 Å². The summed E-state index contributed by atoms with van der Waals surface area (Å²) in [5.74, 6) is -1.57. The lowest BCUT2D eigenvalue weighted by Crippen LogP contribution is -2.32. The lowest BCUT2D eigenvalue weighted by atomic mass is 9.97. The SMILES string of the molecule is CNCC(C(=O)OC(C)(C)C)c1c[nH]c2ccc(NC(=O)c3ccc(F)cc3)cc12. The van der Waals surface area contributed by atoms with Crippen LogP contribution in [0.2, 0.25) is 0 Å². The normalized spacial score (nSPS) is 12.6. The highest BCUT2D eigenvalue weighted by Gasteiger charge is 2.28. The molecule has 1 unspecified atom stereocenters.